The third-order valence-corrected chi connectivity index (χ3v) is 5.25. The molecule has 1 aliphatic carbocycles. The van der Waals surface area contributed by atoms with Gasteiger partial charge < -0.3 is 10.2 Å². The number of rotatable bonds is 2. The minimum Gasteiger partial charge on any atom is -0.369 e. The number of carbonyl (C=O) groups excluding carboxylic acids is 4. The smallest absolute Gasteiger partial charge is 0.258 e. The molecule has 2 atom stereocenters. The zero-order chi connectivity index (χ0) is 17.6. The fourth-order valence-electron chi connectivity index (χ4n) is 3.90. The Balaban J connectivity index is 1.57. The molecule has 0 aromatic carbocycles. The summed E-state index contributed by atoms with van der Waals surface area (Å²) in [5.41, 5.74) is 1.43. The van der Waals surface area contributed by atoms with E-state index in [0.717, 1.165) is 36.8 Å². The summed E-state index contributed by atoms with van der Waals surface area (Å²) < 4.78 is 0. The lowest BCUT2D eigenvalue weighted by Crippen LogP contribution is -2.54. The molecule has 4 aliphatic rings. The van der Waals surface area contributed by atoms with E-state index >= 15 is 0 Å². The van der Waals surface area contributed by atoms with E-state index in [-0.39, 0.29) is 24.7 Å². The molecule has 3 saturated heterocycles. The van der Waals surface area contributed by atoms with E-state index in [0.29, 0.717) is 12.0 Å². The Morgan fingerprint density at radius 1 is 1.08 bits per heavy atom. The van der Waals surface area contributed by atoms with Crippen LogP contribution in [0.15, 0.2) is 23.4 Å². The zero-order valence-corrected chi connectivity index (χ0v) is 13.8. The summed E-state index contributed by atoms with van der Waals surface area (Å²) in [4.78, 5) is 52.2. The van der Waals surface area contributed by atoms with Crippen molar-refractivity contribution in [3.63, 3.8) is 0 Å². The van der Waals surface area contributed by atoms with E-state index in [1.165, 1.54) is 0 Å². The minimum atomic E-state index is -0.883. The van der Waals surface area contributed by atoms with Gasteiger partial charge in [-0.2, -0.15) is 0 Å². The van der Waals surface area contributed by atoms with E-state index in [2.05, 4.69) is 15.5 Å². The molecule has 3 heterocycles. The number of nitrogens with one attached hydrogen (secondary N) is 2. The van der Waals surface area contributed by atoms with Gasteiger partial charge in [-0.25, -0.2) is 0 Å². The van der Waals surface area contributed by atoms with Crippen molar-refractivity contribution in [3.05, 3.63) is 23.4 Å². The van der Waals surface area contributed by atoms with Crippen LogP contribution in [0.5, 0.6) is 0 Å². The lowest BCUT2D eigenvalue weighted by atomic mass is 9.92. The number of carbonyl (C=O) groups is 4. The van der Waals surface area contributed by atoms with Gasteiger partial charge in [0.05, 0.1) is 5.92 Å². The number of amides is 4. The molecule has 0 aromatic rings. The van der Waals surface area contributed by atoms with Gasteiger partial charge in [0.1, 0.15) is 6.04 Å². The Kier molecular flexibility index (Phi) is 3.91. The van der Waals surface area contributed by atoms with E-state index in [4.69, 9.17) is 0 Å². The summed E-state index contributed by atoms with van der Waals surface area (Å²) in [5.74, 6) is -2.16. The average Bonchev–Trinajstić information content (AvgIpc) is 2.87. The van der Waals surface area contributed by atoms with Crippen LogP contribution in [0.1, 0.15) is 19.3 Å². The van der Waals surface area contributed by atoms with Gasteiger partial charge in [0, 0.05) is 43.9 Å². The second-order valence-corrected chi connectivity index (χ2v) is 6.73. The van der Waals surface area contributed by atoms with Gasteiger partial charge >= 0.3 is 0 Å². The maximum absolute atomic E-state index is 12.8. The molecule has 8 nitrogen and oxygen atoms in total. The molecule has 0 radical (unpaired) electrons. The van der Waals surface area contributed by atoms with Crippen LogP contribution in [-0.4, -0.2) is 65.6 Å². The number of hydrogen-bond donors (Lipinski definition) is 2. The SMILES string of the molecule is O=C1CCC(N2C(=O)C3=CC(N4CCNCC4)=CCC3C2=O)C(=O)N1. The lowest BCUT2D eigenvalue weighted by Gasteiger charge is -2.32. The van der Waals surface area contributed by atoms with Crippen LogP contribution in [0.3, 0.4) is 0 Å². The predicted octanol–water partition coefficient (Wildman–Crippen LogP) is -1.10. The van der Waals surface area contributed by atoms with Crippen LogP contribution in [0.4, 0.5) is 0 Å². The first-order valence-corrected chi connectivity index (χ1v) is 8.65. The highest BCUT2D eigenvalue weighted by molar-refractivity contribution is 6.18. The molecule has 25 heavy (non-hydrogen) atoms. The highest BCUT2D eigenvalue weighted by Crippen LogP contribution is 2.36. The summed E-state index contributed by atoms with van der Waals surface area (Å²) in [6, 6.07) is -0.883. The lowest BCUT2D eigenvalue weighted by molar-refractivity contribution is -0.150. The Morgan fingerprint density at radius 3 is 2.56 bits per heavy atom. The number of allylic oxidation sites excluding steroid dienone is 2. The molecule has 3 fully saturated rings. The van der Waals surface area contributed by atoms with Crippen molar-refractivity contribution < 1.29 is 19.2 Å². The molecule has 8 heteroatoms. The number of piperidine rings is 1. The number of fused-ring (bicyclic) bond motifs is 1. The summed E-state index contributed by atoms with van der Waals surface area (Å²) in [6.45, 7) is 3.50. The van der Waals surface area contributed by atoms with Crippen LogP contribution >= 0.6 is 0 Å². The maximum Gasteiger partial charge on any atom is 0.258 e. The number of nitrogens with zero attached hydrogens (tertiary/aromatic N) is 2. The summed E-state index contributed by atoms with van der Waals surface area (Å²) >= 11 is 0. The van der Waals surface area contributed by atoms with Gasteiger partial charge in [-0.15, -0.1) is 0 Å². The van der Waals surface area contributed by atoms with Crippen molar-refractivity contribution in [2.75, 3.05) is 26.2 Å². The molecule has 3 aliphatic heterocycles. The van der Waals surface area contributed by atoms with Crippen LogP contribution in [0, 0.1) is 5.92 Å². The first kappa shape index (κ1) is 16.0. The fraction of sp³-hybridized carbons (Fsp3) is 0.529. The molecule has 4 rings (SSSR count). The van der Waals surface area contributed by atoms with Crippen molar-refractivity contribution in [3.8, 4) is 0 Å². The molecule has 0 saturated carbocycles. The van der Waals surface area contributed by atoms with Crippen molar-refractivity contribution in [2.45, 2.75) is 25.3 Å². The van der Waals surface area contributed by atoms with E-state index in [9.17, 15) is 19.2 Å². The predicted molar refractivity (Wildman–Crippen MR) is 86.7 cm³/mol. The highest BCUT2D eigenvalue weighted by atomic mass is 16.2. The monoisotopic (exact) mass is 344 g/mol. The molecule has 132 valence electrons. The highest BCUT2D eigenvalue weighted by Gasteiger charge is 2.49. The Hall–Kier alpha value is -2.48. The second kappa shape index (κ2) is 6.11. The first-order chi connectivity index (χ1) is 12.1. The fourth-order valence-corrected chi connectivity index (χ4v) is 3.90. The van der Waals surface area contributed by atoms with E-state index in [1.54, 1.807) is 6.08 Å². The Bertz CT molecular complexity index is 720. The van der Waals surface area contributed by atoms with Crippen LogP contribution in [-0.2, 0) is 19.2 Å². The van der Waals surface area contributed by atoms with Gasteiger partial charge in [0.2, 0.25) is 17.7 Å². The molecular formula is C17H20N4O4. The normalized spacial score (nSPS) is 30.1. The third kappa shape index (κ3) is 2.66. The summed E-state index contributed by atoms with van der Waals surface area (Å²) in [5, 5.41) is 5.50. The van der Waals surface area contributed by atoms with Gasteiger partial charge in [-0.1, -0.05) is 6.08 Å². The van der Waals surface area contributed by atoms with E-state index < -0.39 is 23.8 Å². The third-order valence-electron chi connectivity index (χ3n) is 5.25. The van der Waals surface area contributed by atoms with Crippen molar-refractivity contribution in [1.29, 1.82) is 0 Å². The summed E-state index contributed by atoms with van der Waals surface area (Å²) in [7, 11) is 0. The molecular weight excluding hydrogens is 324 g/mol. The van der Waals surface area contributed by atoms with Crippen molar-refractivity contribution in [1.82, 2.24) is 20.4 Å². The number of imide groups is 2. The van der Waals surface area contributed by atoms with Gasteiger partial charge in [-0.3, -0.25) is 29.4 Å². The molecule has 4 amide bonds. The van der Waals surface area contributed by atoms with Crippen LogP contribution in [0.25, 0.3) is 0 Å². The zero-order valence-electron chi connectivity index (χ0n) is 13.8. The van der Waals surface area contributed by atoms with Gasteiger partial charge in [-0.05, 0) is 18.9 Å². The maximum atomic E-state index is 12.8. The first-order valence-electron chi connectivity index (χ1n) is 8.65. The second-order valence-electron chi connectivity index (χ2n) is 6.73. The number of piperazine rings is 1. The standard InChI is InChI=1S/C17H20N4O4/c22-14-4-3-13(15(23)19-14)21-16(24)11-2-1-10(9-12(11)17(21)25)20-7-5-18-6-8-20/h1,9,11,13,18H,2-8H2,(H,19,22,23). The molecule has 0 aromatic heterocycles. The quantitative estimate of drug-likeness (QED) is 0.617. The van der Waals surface area contributed by atoms with Gasteiger partial charge in [0.15, 0.2) is 0 Å². The minimum absolute atomic E-state index is 0.140. The van der Waals surface area contributed by atoms with Crippen molar-refractivity contribution in [2.24, 2.45) is 5.92 Å². The van der Waals surface area contributed by atoms with Crippen LogP contribution < -0.4 is 10.6 Å². The summed E-state index contributed by atoms with van der Waals surface area (Å²) in [6.07, 6.45) is 4.60. The molecule has 0 spiro atoms. The molecule has 0 bridgehead atoms. The molecule has 2 N–H and O–H groups in total. The Labute approximate surface area is 144 Å². The topological polar surface area (TPSA) is 98.8 Å². The number of likely N-dealkylation sites (tertiary alicyclic amines) is 1. The van der Waals surface area contributed by atoms with Crippen molar-refractivity contribution >= 4 is 23.6 Å². The average molecular weight is 344 g/mol. The van der Waals surface area contributed by atoms with Crippen LogP contribution in [0.2, 0.25) is 0 Å². The Morgan fingerprint density at radius 2 is 1.84 bits per heavy atom. The number of hydrogen-bond acceptors (Lipinski definition) is 6. The molecule has 2 unspecified atom stereocenters. The van der Waals surface area contributed by atoms with Gasteiger partial charge in [0.25, 0.3) is 5.91 Å². The largest absolute Gasteiger partial charge is 0.369 e. The van der Waals surface area contributed by atoms with E-state index in [1.807, 2.05) is 6.08 Å².